The number of nitrogens with zero attached hydrogens (tertiary/aromatic N) is 1. The average molecular weight is 225 g/mol. The van der Waals surface area contributed by atoms with Gasteiger partial charge in [-0.3, -0.25) is 0 Å². The van der Waals surface area contributed by atoms with E-state index in [0.717, 1.165) is 25.0 Å². The van der Waals surface area contributed by atoms with Gasteiger partial charge in [-0.15, -0.1) is 0 Å². The summed E-state index contributed by atoms with van der Waals surface area (Å²) in [5.41, 5.74) is 0. The summed E-state index contributed by atoms with van der Waals surface area (Å²) in [6, 6.07) is 0. The van der Waals surface area contributed by atoms with Crippen molar-refractivity contribution < 1.29 is 4.74 Å². The third-order valence-electron chi connectivity index (χ3n) is 4.39. The van der Waals surface area contributed by atoms with Crippen LogP contribution in [0.15, 0.2) is 0 Å². The summed E-state index contributed by atoms with van der Waals surface area (Å²) in [7, 11) is 0. The Kier molecular flexibility index (Phi) is 5.11. The molecule has 94 valence electrons. The highest BCUT2D eigenvalue weighted by Gasteiger charge is 2.27. The van der Waals surface area contributed by atoms with Crippen LogP contribution in [0.5, 0.6) is 0 Å². The second-order valence-electron chi connectivity index (χ2n) is 5.48. The Labute approximate surface area is 100 Å². The lowest BCUT2D eigenvalue weighted by Crippen LogP contribution is -2.37. The van der Waals surface area contributed by atoms with E-state index in [-0.39, 0.29) is 0 Å². The highest BCUT2D eigenvalue weighted by atomic mass is 16.5. The first-order valence-electron chi connectivity index (χ1n) is 7.20. The van der Waals surface area contributed by atoms with Crippen LogP contribution in [-0.2, 0) is 4.74 Å². The molecule has 2 saturated heterocycles. The van der Waals surface area contributed by atoms with E-state index in [9.17, 15) is 0 Å². The summed E-state index contributed by atoms with van der Waals surface area (Å²) in [5.74, 6) is 1.98. The highest BCUT2D eigenvalue weighted by Crippen LogP contribution is 2.31. The van der Waals surface area contributed by atoms with E-state index >= 15 is 0 Å². The molecule has 0 unspecified atom stereocenters. The molecule has 0 atom stereocenters. The van der Waals surface area contributed by atoms with Gasteiger partial charge < -0.3 is 9.64 Å². The fourth-order valence-electron chi connectivity index (χ4n) is 3.22. The minimum Gasteiger partial charge on any atom is -0.381 e. The van der Waals surface area contributed by atoms with Crippen LogP contribution in [0.4, 0.5) is 0 Å². The van der Waals surface area contributed by atoms with Gasteiger partial charge in [0.15, 0.2) is 0 Å². The number of piperidine rings is 1. The molecule has 2 fully saturated rings. The highest BCUT2D eigenvalue weighted by molar-refractivity contribution is 4.79. The van der Waals surface area contributed by atoms with Crippen molar-refractivity contribution in [1.82, 2.24) is 4.90 Å². The van der Waals surface area contributed by atoms with Crippen LogP contribution in [-0.4, -0.2) is 37.7 Å². The maximum atomic E-state index is 5.45. The monoisotopic (exact) mass is 225 g/mol. The summed E-state index contributed by atoms with van der Waals surface area (Å²) in [6.07, 6.45) is 8.23. The van der Waals surface area contributed by atoms with Gasteiger partial charge in [0.05, 0.1) is 0 Å². The standard InChI is InChI=1S/C14H27NO/c1-2-3-8-15-9-4-13(5-10-15)14-6-11-16-12-7-14/h13-14H,2-12H2,1H3. The first-order chi connectivity index (χ1) is 7.90. The lowest BCUT2D eigenvalue weighted by atomic mass is 9.80. The maximum absolute atomic E-state index is 5.45. The normalized spacial score (nSPS) is 26.1. The van der Waals surface area contributed by atoms with Crippen molar-refractivity contribution in [3.05, 3.63) is 0 Å². The average Bonchev–Trinajstić information content (AvgIpc) is 2.38. The number of unbranched alkanes of at least 4 members (excludes halogenated alkanes) is 1. The molecule has 0 N–H and O–H groups in total. The number of ether oxygens (including phenoxy) is 1. The van der Waals surface area contributed by atoms with Crippen LogP contribution in [0, 0.1) is 11.8 Å². The number of hydrogen-bond acceptors (Lipinski definition) is 2. The third-order valence-corrected chi connectivity index (χ3v) is 4.39. The molecule has 16 heavy (non-hydrogen) atoms. The Balaban J connectivity index is 1.67. The van der Waals surface area contributed by atoms with Gasteiger partial charge in [0.2, 0.25) is 0 Å². The second-order valence-corrected chi connectivity index (χ2v) is 5.48. The van der Waals surface area contributed by atoms with Crippen LogP contribution in [0.3, 0.4) is 0 Å². The number of rotatable bonds is 4. The van der Waals surface area contributed by atoms with Crippen molar-refractivity contribution in [3.63, 3.8) is 0 Å². The van der Waals surface area contributed by atoms with Gasteiger partial charge in [-0.1, -0.05) is 13.3 Å². The first-order valence-corrected chi connectivity index (χ1v) is 7.20. The molecule has 0 bridgehead atoms. The largest absolute Gasteiger partial charge is 0.381 e. The zero-order valence-electron chi connectivity index (χ0n) is 10.8. The van der Waals surface area contributed by atoms with Crippen LogP contribution in [0.25, 0.3) is 0 Å². The molecule has 0 spiro atoms. The second kappa shape index (κ2) is 6.61. The van der Waals surface area contributed by atoms with E-state index in [0.29, 0.717) is 0 Å². The lowest BCUT2D eigenvalue weighted by molar-refractivity contribution is 0.0303. The fraction of sp³-hybridized carbons (Fsp3) is 1.00. The Morgan fingerprint density at radius 2 is 1.62 bits per heavy atom. The van der Waals surface area contributed by atoms with Crippen molar-refractivity contribution >= 4 is 0 Å². The molecule has 0 saturated carbocycles. The topological polar surface area (TPSA) is 12.5 Å². The maximum Gasteiger partial charge on any atom is 0.0468 e. The predicted molar refractivity (Wildman–Crippen MR) is 67.6 cm³/mol. The fourth-order valence-corrected chi connectivity index (χ4v) is 3.22. The van der Waals surface area contributed by atoms with Gasteiger partial charge in [0, 0.05) is 13.2 Å². The van der Waals surface area contributed by atoms with Crippen LogP contribution < -0.4 is 0 Å². The molecule has 0 radical (unpaired) electrons. The molecule has 2 heteroatoms. The summed E-state index contributed by atoms with van der Waals surface area (Å²) in [4.78, 5) is 2.67. The van der Waals surface area contributed by atoms with Gasteiger partial charge in [0.25, 0.3) is 0 Å². The minimum atomic E-state index is 0.974. The molecule has 0 aromatic rings. The van der Waals surface area contributed by atoms with E-state index in [1.54, 1.807) is 0 Å². The molecule has 0 amide bonds. The molecule has 2 nitrogen and oxygen atoms in total. The Morgan fingerprint density at radius 1 is 1.00 bits per heavy atom. The van der Waals surface area contributed by atoms with E-state index in [1.807, 2.05) is 0 Å². The van der Waals surface area contributed by atoms with Crippen LogP contribution >= 0.6 is 0 Å². The summed E-state index contributed by atoms with van der Waals surface area (Å²) in [6.45, 7) is 8.34. The van der Waals surface area contributed by atoms with Crippen molar-refractivity contribution in [3.8, 4) is 0 Å². The number of hydrogen-bond donors (Lipinski definition) is 0. The molecule has 2 aliphatic rings. The Hall–Kier alpha value is -0.0800. The SMILES string of the molecule is CCCCN1CCC(C2CCOCC2)CC1. The molecular weight excluding hydrogens is 198 g/mol. The first kappa shape index (κ1) is 12.4. The minimum absolute atomic E-state index is 0.974. The number of likely N-dealkylation sites (tertiary alicyclic amines) is 1. The molecule has 2 heterocycles. The van der Waals surface area contributed by atoms with E-state index in [4.69, 9.17) is 4.74 Å². The van der Waals surface area contributed by atoms with E-state index in [2.05, 4.69) is 11.8 Å². The van der Waals surface area contributed by atoms with Crippen LogP contribution in [0.2, 0.25) is 0 Å². The summed E-state index contributed by atoms with van der Waals surface area (Å²) < 4.78 is 5.45. The van der Waals surface area contributed by atoms with Gasteiger partial charge in [0.1, 0.15) is 0 Å². The summed E-state index contributed by atoms with van der Waals surface area (Å²) >= 11 is 0. The van der Waals surface area contributed by atoms with E-state index < -0.39 is 0 Å². The van der Waals surface area contributed by atoms with Crippen molar-refractivity contribution in [2.75, 3.05) is 32.8 Å². The molecule has 0 aromatic heterocycles. The molecule has 0 aliphatic carbocycles. The van der Waals surface area contributed by atoms with Gasteiger partial charge in [-0.2, -0.15) is 0 Å². The lowest BCUT2D eigenvalue weighted by Gasteiger charge is -2.37. The van der Waals surface area contributed by atoms with Crippen LogP contribution in [0.1, 0.15) is 45.4 Å². The predicted octanol–water partition coefficient (Wildman–Crippen LogP) is 2.93. The molecule has 0 aromatic carbocycles. The van der Waals surface area contributed by atoms with Gasteiger partial charge in [-0.25, -0.2) is 0 Å². The Morgan fingerprint density at radius 3 is 2.25 bits per heavy atom. The van der Waals surface area contributed by atoms with Gasteiger partial charge in [-0.05, 0) is 63.6 Å². The zero-order chi connectivity index (χ0) is 11.2. The van der Waals surface area contributed by atoms with Crippen molar-refractivity contribution in [2.24, 2.45) is 11.8 Å². The quantitative estimate of drug-likeness (QED) is 0.729. The van der Waals surface area contributed by atoms with E-state index in [1.165, 1.54) is 58.2 Å². The van der Waals surface area contributed by atoms with Crippen molar-refractivity contribution in [1.29, 1.82) is 0 Å². The zero-order valence-corrected chi connectivity index (χ0v) is 10.8. The smallest absolute Gasteiger partial charge is 0.0468 e. The summed E-state index contributed by atoms with van der Waals surface area (Å²) in [5, 5.41) is 0. The molecule has 2 aliphatic heterocycles. The third kappa shape index (κ3) is 3.46. The Bertz CT molecular complexity index is 181. The molecule has 2 rings (SSSR count). The molecular formula is C14H27NO. The van der Waals surface area contributed by atoms with Gasteiger partial charge >= 0.3 is 0 Å². The van der Waals surface area contributed by atoms with Crippen molar-refractivity contribution in [2.45, 2.75) is 45.4 Å².